The molecule has 0 bridgehead atoms. The van der Waals surface area contributed by atoms with Crippen molar-refractivity contribution in [2.45, 2.75) is 44.2 Å². The summed E-state index contributed by atoms with van der Waals surface area (Å²) < 4.78 is 28.3. The quantitative estimate of drug-likeness (QED) is 0.335. The molecule has 9 heteroatoms. The molecule has 5 atom stereocenters. The van der Waals surface area contributed by atoms with Gasteiger partial charge >= 0.3 is 17.9 Å². The lowest BCUT2D eigenvalue weighted by Crippen LogP contribution is -2.61. The lowest BCUT2D eigenvalue weighted by atomic mass is 9.98. The van der Waals surface area contributed by atoms with Gasteiger partial charge in [0.1, 0.15) is 18.8 Å². The van der Waals surface area contributed by atoms with Gasteiger partial charge in [-0.2, -0.15) is 0 Å². The summed E-state index contributed by atoms with van der Waals surface area (Å²) in [5.74, 6) is -2.04. The molecule has 1 saturated heterocycles. The van der Waals surface area contributed by atoms with Crippen LogP contribution in [0.2, 0.25) is 0 Å². The highest BCUT2D eigenvalue weighted by molar-refractivity contribution is 5.89. The highest BCUT2D eigenvalue weighted by atomic mass is 16.7. The van der Waals surface area contributed by atoms with Crippen molar-refractivity contribution in [3.8, 4) is 0 Å². The van der Waals surface area contributed by atoms with E-state index in [1.807, 2.05) is 30.3 Å². The van der Waals surface area contributed by atoms with E-state index in [0.717, 1.165) is 5.56 Å². The first-order valence-electron chi connectivity index (χ1n) is 12.1. The Morgan fingerprint density at radius 2 is 1.32 bits per heavy atom. The van der Waals surface area contributed by atoms with Crippen molar-refractivity contribution in [1.82, 2.24) is 0 Å². The van der Waals surface area contributed by atoms with Gasteiger partial charge in [-0.25, -0.2) is 9.59 Å². The van der Waals surface area contributed by atoms with Gasteiger partial charge in [-0.15, -0.1) is 0 Å². The molecule has 1 N–H and O–H groups in total. The van der Waals surface area contributed by atoms with Crippen LogP contribution in [0.1, 0.15) is 33.2 Å². The van der Waals surface area contributed by atoms with Gasteiger partial charge in [0.25, 0.3) is 0 Å². The molecular formula is C29H28O9. The van der Waals surface area contributed by atoms with Gasteiger partial charge in [-0.05, 0) is 29.8 Å². The lowest BCUT2D eigenvalue weighted by molar-refractivity contribution is -0.304. The fourth-order valence-corrected chi connectivity index (χ4v) is 3.96. The number of benzene rings is 3. The Hall–Kier alpha value is -4.05. The minimum Gasteiger partial charge on any atom is -0.459 e. The Morgan fingerprint density at radius 1 is 0.763 bits per heavy atom. The average molecular weight is 521 g/mol. The largest absolute Gasteiger partial charge is 0.459 e. The van der Waals surface area contributed by atoms with Crippen LogP contribution in [0, 0.1) is 0 Å². The van der Waals surface area contributed by atoms with E-state index in [2.05, 4.69) is 0 Å². The normalized spacial score (nSPS) is 22.7. The second kappa shape index (κ2) is 13.0. The topological polar surface area (TPSA) is 118 Å². The van der Waals surface area contributed by atoms with Crippen molar-refractivity contribution in [3.05, 3.63) is 108 Å². The van der Waals surface area contributed by atoms with E-state index in [1.54, 1.807) is 60.7 Å². The fraction of sp³-hybridized carbons (Fsp3) is 0.276. The van der Waals surface area contributed by atoms with E-state index in [9.17, 15) is 19.5 Å². The van der Waals surface area contributed by atoms with E-state index in [-0.39, 0.29) is 18.8 Å². The molecule has 3 aromatic carbocycles. The van der Waals surface area contributed by atoms with Crippen molar-refractivity contribution >= 4 is 17.9 Å². The molecule has 0 radical (unpaired) electrons. The van der Waals surface area contributed by atoms with E-state index < -0.39 is 48.6 Å². The molecule has 0 aliphatic carbocycles. The summed E-state index contributed by atoms with van der Waals surface area (Å²) in [4.78, 5) is 37.2. The molecule has 1 aliphatic heterocycles. The van der Waals surface area contributed by atoms with Gasteiger partial charge in [0.15, 0.2) is 18.5 Å². The number of hydrogen-bond acceptors (Lipinski definition) is 9. The first-order chi connectivity index (χ1) is 18.4. The van der Waals surface area contributed by atoms with Crippen molar-refractivity contribution < 1.29 is 43.2 Å². The number of aliphatic hydroxyl groups is 1. The van der Waals surface area contributed by atoms with E-state index in [1.165, 1.54) is 6.92 Å². The zero-order chi connectivity index (χ0) is 26.9. The maximum absolute atomic E-state index is 12.8. The van der Waals surface area contributed by atoms with Gasteiger partial charge in [0, 0.05) is 6.92 Å². The molecule has 1 fully saturated rings. The first-order valence-corrected chi connectivity index (χ1v) is 12.1. The van der Waals surface area contributed by atoms with Crippen molar-refractivity contribution in [1.29, 1.82) is 0 Å². The minimum atomic E-state index is -1.54. The van der Waals surface area contributed by atoms with Gasteiger partial charge in [-0.1, -0.05) is 66.7 Å². The summed E-state index contributed by atoms with van der Waals surface area (Å²) in [5, 5.41) is 11.2. The van der Waals surface area contributed by atoms with E-state index in [0.29, 0.717) is 5.56 Å². The van der Waals surface area contributed by atoms with Crippen molar-refractivity contribution in [3.63, 3.8) is 0 Å². The summed E-state index contributed by atoms with van der Waals surface area (Å²) in [6.45, 7) is 0.891. The maximum atomic E-state index is 12.8. The van der Waals surface area contributed by atoms with Crippen LogP contribution in [0.15, 0.2) is 91.0 Å². The SMILES string of the molecule is CC(=O)O[C@@H]1[C@H](O)[C@@H](OC(=O)c2ccccc2)[C@H](OCc2ccccc2)O[C@@H]1COC(=O)c1ccccc1. The Labute approximate surface area is 219 Å². The van der Waals surface area contributed by atoms with Crippen LogP contribution in [-0.4, -0.2) is 60.3 Å². The number of ether oxygens (including phenoxy) is 5. The third-order valence-electron chi connectivity index (χ3n) is 5.82. The van der Waals surface area contributed by atoms with Crippen molar-refractivity contribution in [2.24, 2.45) is 0 Å². The third-order valence-corrected chi connectivity index (χ3v) is 5.82. The highest BCUT2D eigenvalue weighted by Crippen LogP contribution is 2.29. The number of carbonyl (C=O) groups excluding carboxylic acids is 3. The Kier molecular flexibility index (Phi) is 9.21. The van der Waals surface area contributed by atoms with Crippen LogP contribution in [0.25, 0.3) is 0 Å². The summed E-state index contributed by atoms with van der Waals surface area (Å²) in [5.41, 5.74) is 1.39. The molecule has 0 spiro atoms. The molecule has 1 aliphatic rings. The zero-order valence-electron chi connectivity index (χ0n) is 20.7. The second-order valence-corrected chi connectivity index (χ2v) is 8.60. The second-order valence-electron chi connectivity index (χ2n) is 8.60. The summed E-state index contributed by atoms with van der Waals surface area (Å²) in [6, 6.07) is 25.8. The van der Waals surface area contributed by atoms with E-state index >= 15 is 0 Å². The molecule has 3 aromatic rings. The van der Waals surface area contributed by atoms with Crippen molar-refractivity contribution in [2.75, 3.05) is 6.61 Å². The molecule has 38 heavy (non-hydrogen) atoms. The molecule has 0 unspecified atom stereocenters. The van der Waals surface area contributed by atoms with Crippen LogP contribution in [0.4, 0.5) is 0 Å². The summed E-state index contributed by atoms with van der Waals surface area (Å²) >= 11 is 0. The molecule has 0 aromatic heterocycles. The molecular weight excluding hydrogens is 492 g/mol. The Balaban J connectivity index is 1.55. The molecule has 0 amide bonds. The minimum absolute atomic E-state index is 0.0758. The van der Waals surface area contributed by atoms with Crippen LogP contribution in [-0.2, 0) is 35.1 Å². The number of rotatable bonds is 9. The van der Waals surface area contributed by atoms with Gasteiger partial charge in [0.2, 0.25) is 0 Å². The molecule has 1 heterocycles. The zero-order valence-corrected chi connectivity index (χ0v) is 20.7. The Morgan fingerprint density at radius 3 is 1.89 bits per heavy atom. The maximum Gasteiger partial charge on any atom is 0.338 e. The van der Waals surface area contributed by atoms with Gasteiger partial charge < -0.3 is 28.8 Å². The van der Waals surface area contributed by atoms with Gasteiger partial charge in [0.05, 0.1) is 17.7 Å². The van der Waals surface area contributed by atoms with Crippen LogP contribution in [0.5, 0.6) is 0 Å². The predicted octanol–water partition coefficient (Wildman–Crippen LogP) is 3.30. The lowest BCUT2D eigenvalue weighted by Gasteiger charge is -2.42. The smallest absolute Gasteiger partial charge is 0.338 e. The highest BCUT2D eigenvalue weighted by Gasteiger charge is 2.50. The molecule has 198 valence electrons. The van der Waals surface area contributed by atoms with Crippen LogP contribution < -0.4 is 0 Å². The van der Waals surface area contributed by atoms with Crippen LogP contribution >= 0.6 is 0 Å². The number of aliphatic hydroxyl groups excluding tert-OH is 1. The number of esters is 3. The molecule has 9 nitrogen and oxygen atoms in total. The molecule has 0 saturated carbocycles. The van der Waals surface area contributed by atoms with Crippen LogP contribution in [0.3, 0.4) is 0 Å². The van der Waals surface area contributed by atoms with E-state index in [4.69, 9.17) is 23.7 Å². The first kappa shape index (κ1) is 27.0. The summed E-state index contributed by atoms with van der Waals surface area (Å²) in [7, 11) is 0. The number of hydrogen-bond donors (Lipinski definition) is 1. The fourth-order valence-electron chi connectivity index (χ4n) is 3.96. The molecule has 4 rings (SSSR count). The predicted molar refractivity (Wildman–Crippen MR) is 134 cm³/mol. The Bertz CT molecular complexity index is 1200. The average Bonchev–Trinajstić information content (AvgIpc) is 2.95. The number of carbonyl (C=O) groups is 3. The monoisotopic (exact) mass is 520 g/mol. The summed E-state index contributed by atoms with van der Waals surface area (Å²) in [6.07, 6.45) is -6.56. The third kappa shape index (κ3) is 7.04. The standard InChI is InChI=1S/C29H28O9/c1-19(30)36-25-23(18-34-27(32)21-13-7-3-8-14-21)37-29(35-17-20-11-5-2-6-12-20)26(24(25)31)38-28(33)22-15-9-4-10-16-22/h2-16,23-26,29,31H,17-18H2,1H3/t23-,24+,25+,26-,29-/m1/s1. The van der Waals surface area contributed by atoms with Gasteiger partial charge in [-0.3, -0.25) is 4.79 Å².